The molecule has 0 aliphatic heterocycles. The average Bonchev–Trinajstić information content (AvgIpc) is 2.93. The molecule has 100 valence electrons. The van der Waals surface area contributed by atoms with Crippen LogP contribution in [0.4, 0.5) is 0 Å². The van der Waals surface area contributed by atoms with Crippen molar-refractivity contribution in [1.82, 2.24) is 15.1 Å². The number of carbonyl (C=O) groups is 1. The standard InChI is InChI=1S/C12H18IN3O2/c1-2-5-14-12(11(17)18)4-3-10(6-12)16-8-9(13)7-15-16/h7-8,10,14H,2-6H2,1H3,(H,17,18). The largest absolute Gasteiger partial charge is 0.480 e. The molecule has 1 aliphatic rings. The zero-order valence-corrected chi connectivity index (χ0v) is 12.6. The molecule has 1 saturated carbocycles. The van der Waals surface area contributed by atoms with Crippen molar-refractivity contribution < 1.29 is 9.90 Å². The van der Waals surface area contributed by atoms with E-state index in [-0.39, 0.29) is 6.04 Å². The van der Waals surface area contributed by atoms with Crippen LogP contribution in [-0.4, -0.2) is 32.9 Å². The number of hydrogen-bond donors (Lipinski definition) is 2. The van der Waals surface area contributed by atoms with Gasteiger partial charge in [-0.15, -0.1) is 0 Å². The van der Waals surface area contributed by atoms with Crippen LogP contribution in [0.3, 0.4) is 0 Å². The van der Waals surface area contributed by atoms with Crippen molar-refractivity contribution in [3.05, 3.63) is 16.0 Å². The molecule has 2 rings (SSSR count). The van der Waals surface area contributed by atoms with E-state index in [0.29, 0.717) is 12.8 Å². The van der Waals surface area contributed by atoms with E-state index in [1.165, 1.54) is 0 Å². The van der Waals surface area contributed by atoms with E-state index in [9.17, 15) is 9.90 Å². The fourth-order valence-electron chi connectivity index (χ4n) is 2.55. The SMILES string of the molecule is CCCNC1(C(=O)O)CCC(n2cc(I)cn2)C1. The van der Waals surface area contributed by atoms with Gasteiger partial charge >= 0.3 is 5.97 Å². The molecule has 1 aromatic rings. The van der Waals surface area contributed by atoms with Crippen LogP contribution in [0.15, 0.2) is 12.4 Å². The molecule has 5 nitrogen and oxygen atoms in total. The van der Waals surface area contributed by atoms with Crippen LogP contribution in [0.1, 0.15) is 38.6 Å². The average molecular weight is 363 g/mol. The fraction of sp³-hybridized carbons (Fsp3) is 0.667. The van der Waals surface area contributed by atoms with Crippen molar-refractivity contribution in [3.63, 3.8) is 0 Å². The number of nitrogens with one attached hydrogen (secondary N) is 1. The lowest BCUT2D eigenvalue weighted by Crippen LogP contribution is -2.50. The third kappa shape index (κ3) is 2.69. The molecule has 0 amide bonds. The Morgan fingerprint density at radius 3 is 3.11 bits per heavy atom. The lowest BCUT2D eigenvalue weighted by Gasteiger charge is -2.25. The molecular formula is C12H18IN3O2. The second-order valence-electron chi connectivity index (χ2n) is 4.85. The molecule has 1 aromatic heterocycles. The van der Waals surface area contributed by atoms with Gasteiger partial charge in [-0.25, -0.2) is 0 Å². The van der Waals surface area contributed by atoms with Gasteiger partial charge in [0.05, 0.1) is 15.8 Å². The first-order valence-electron chi connectivity index (χ1n) is 6.25. The summed E-state index contributed by atoms with van der Waals surface area (Å²) in [6, 6.07) is 0.189. The van der Waals surface area contributed by atoms with E-state index in [0.717, 1.165) is 23.0 Å². The monoisotopic (exact) mass is 363 g/mol. The maximum atomic E-state index is 11.5. The number of hydrogen-bond acceptors (Lipinski definition) is 3. The van der Waals surface area contributed by atoms with Crippen LogP contribution in [-0.2, 0) is 4.79 Å². The van der Waals surface area contributed by atoms with E-state index < -0.39 is 11.5 Å². The number of aromatic nitrogens is 2. The van der Waals surface area contributed by atoms with E-state index in [1.807, 2.05) is 17.8 Å². The summed E-state index contributed by atoms with van der Waals surface area (Å²) in [6.45, 7) is 2.79. The van der Waals surface area contributed by atoms with Gasteiger partial charge in [0.1, 0.15) is 5.54 Å². The van der Waals surface area contributed by atoms with E-state index >= 15 is 0 Å². The van der Waals surface area contributed by atoms with Crippen LogP contribution >= 0.6 is 22.6 Å². The molecule has 6 heteroatoms. The molecule has 2 N–H and O–H groups in total. The number of nitrogens with zero attached hydrogens (tertiary/aromatic N) is 2. The van der Waals surface area contributed by atoms with E-state index in [2.05, 4.69) is 33.0 Å². The molecule has 0 aromatic carbocycles. The van der Waals surface area contributed by atoms with Crippen molar-refractivity contribution in [2.75, 3.05) is 6.54 Å². The molecule has 1 heterocycles. The Morgan fingerprint density at radius 1 is 1.78 bits per heavy atom. The quantitative estimate of drug-likeness (QED) is 0.786. The fourth-order valence-corrected chi connectivity index (χ4v) is 2.96. The van der Waals surface area contributed by atoms with Crippen LogP contribution < -0.4 is 5.32 Å². The molecule has 0 spiro atoms. The zero-order chi connectivity index (χ0) is 13.2. The third-order valence-corrected chi connectivity index (χ3v) is 4.11. The number of rotatable bonds is 5. The van der Waals surface area contributed by atoms with Gasteiger partial charge in [-0.2, -0.15) is 5.10 Å². The van der Waals surface area contributed by atoms with E-state index in [1.54, 1.807) is 6.20 Å². The highest BCUT2D eigenvalue weighted by atomic mass is 127. The highest BCUT2D eigenvalue weighted by Crippen LogP contribution is 2.37. The summed E-state index contributed by atoms with van der Waals surface area (Å²) in [7, 11) is 0. The van der Waals surface area contributed by atoms with Crippen LogP contribution in [0, 0.1) is 3.57 Å². The summed E-state index contributed by atoms with van der Waals surface area (Å²) >= 11 is 2.22. The van der Waals surface area contributed by atoms with Gasteiger partial charge in [0.15, 0.2) is 0 Å². The second kappa shape index (κ2) is 5.56. The maximum absolute atomic E-state index is 11.5. The summed E-state index contributed by atoms with van der Waals surface area (Å²) in [6.07, 6.45) is 6.87. The Kier molecular flexibility index (Phi) is 4.26. The van der Waals surface area contributed by atoms with Gasteiger partial charge in [0, 0.05) is 6.20 Å². The minimum absolute atomic E-state index is 0.189. The van der Waals surface area contributed by atoms with Gasteiger partial charge in [-0.05, 0) is 54.8 Å². The van der Waals surface area contributed by atoms with Crippen molar-refractivity contribution in [2.24, 2.45) is 0 Å². The lowest BCUT2D eigenvalue weighted by atomic mass is 9.97. The number of carboxylic acid groups (broad SMARTS) is 1. The smallest absolute Gasteiger partial charge is 0.323 e. The minimum atomic E-state index is -0.766. The second-order valence-corrected chi connectivity index (χ2v) is 6.09. The molecule has 0 radical (unpaired) electrons. The van der Waals surface area contributed by atoms with Crippen LogP contribution in [0.2, 0.25) is 0 Å². The maximum Gasteiger partial charge on any atom is 0.323 e. The Hall–Kier alpha value is -0.630. The number of carboxylic acids is 1. The first-order valence-corrected chi connectivity index (χ1v) is 7.33. The Morgan fingerprint density at radius 2 is 2.56 bits per heavy atom. The summed E-state index contributed by atoms with van der Waals surface area (Å²) in [4.78, 5) is 11.5. The van der Waals surface area contributed by atoms with Crippen LogP contribution in [0.5, 0.6) is 0 Å². The van der Waals surface area contributed by atoms with Crippen molar-refractivity contribution >= 4 is 28.6 Å². The summed E-state index contributed by atoms with van der Waals surface area (Å²) in [5.74, 6) is -0.736. The highest BCUT2D eigenvalue weighted by molar-refractivity contribution is 14.1. The molecule has 0 saturated heterocycles. The number of aliphatic carboxylic acids is 1. The first kappa shape index (κ1) is 13.8. The third-order valence-electron chi connectivity index (χ3n) is 3.56. The van der Waals surface area contributed by atoms with Gasteiger partial charge in [-0.1, -0.05) is 6.92 Å². The van der Waals surface area contributed by atoms with E-state index in [4.69, 9.17) is 0 Å². The lowest BCUT2D eigenvalue weighted by molar-refractivity contribution is -0.144. The molecular weight excluding hydrogens is 345 g/mol. The molecule has 18 heavy (non-hydrogen) atoms. The first-order chi connectivity index (χ1) is 8.57. The summed E-state index contributed by atoms with van der Waals surface area (Å²) in [5.41, 5.74) is -0.766. The van der Waals surface area contributed by atoms with Crippen molar-refractivity contribution in [3.8, 4) is 0 Å². The van der Waals surface area contributed by atoms with Gasteiger partial charge < -0.3 is 10.4 Å². The molecule has 2 atom stereocenters. The highest BCUT2D eigenvalue weighted by Gasteiger charge is 2.45. The Labute approximate surface area is 120 Å². The molecule has 2 unspecified atom stereocenters. The van der Waals surface area contributed by atoms with Gasteiger partial charge in [-0.3, -0.25) is 9.48 Å². The Balaban J connectivity index is 2.10. The van der Waals surface area contributed by atoms with Crippen molar-refractivity contribution in [1.29, 1.82) is 0 Å². The predicted octanol–water partition coefficient (Wildman–Crippen LogP) is 2.04. The van der Waals surface area contributed by atoms with Crippen LogP contribution in [0.25, 0.3) is 0 Å². The predicted molar refractivity (Wildman–Crippen MR) is 76.5 cm³/mol. The normalized spacial score (nSPS) is 27.6. The summed E-state index contributed by atoms with van der Waals surface area (Å²) < 4.78 is 2.99. The molecule has 0 bridgehead atoms. The Bertz CT molecular complexity index is 435. The summed E-state index contributed by atoms with van der Waals surface area (Å²) in [5, 5.41) is 17.0. The topological polar surface area (TPSA) is 67.2 Å². The molecule has 1 fully saturated rings. The number of halogens is 1. The van der Waals surface area contributed by atoms with Gasteiger partial charge in [0.2, 0.25) is 0 Å². The van der Waals surface area contributed by atoms with Crippen molar-refractivity contribution in [2.45, 2.75) is 44.2 Å². The minimum Gasteiger partial charge on any atom is -0.480 e. The zero-order valence-electron chi connectivity index (χ0n) is 10.4. The molecule has 1 aliphatic carbocycles. The van der Waals surface area contributed by atoms with Gasteiger partial charge in [0.25, 0.3) is 0 Å².